The van der Waals surface area contributed by atoms with E-state index in [2.05, 4.69) is 17.9 Å². The lowest BCUT2D eigenvalue weighted by Gasteiger charge is -2.34. The molecule has 120 valence electrons. The average Bonchev–Trinajstić information content (AvgIpc) is 2.60. The summed E-state index contributed by atoms with van der Waals surface area (Å²) in [7, 11) is 0. The molecule has 1 fully saturated rings. The van der Waals surface area contributed by atoms with E-state index in [0.29, 0.717) is 5.56 Å². The van der Waals surface area contributed by atoms with Gasteiger partial charge in [0.15, 0.2) is 0 Å². The van der Waals surface area contributed by atoms with Gasteiger partial charge in [-0.3, -0.25) is 0 Å². The molecule has 0 amide bonds. The lowest BCUT2D eigenvalue weighted by molar-refractivity contribution is 0.0439. The largest absolute Gasteiger partial charge is 0.376 e. The van der Waals surface area contributed by atoms with Crippen LogP contribution in [0, 0.1) is 18.3 Å². The second kappa shape index (κ2) is 6.97. The zero-order valence-electron chi connectivity index (χ0n) is 13.9. The maximum atomic E-state index is 9.65. The van der Waals surface area contributed by atoms with Crippen molar-refractivity contribution >= 4 is 16.7 Å². The van der Waals surface area contributed by atoms with Gasteiger partial charge in [-0.25, -0.2) is 4.98 Å². The molecule has 3 rings (SSSR count). The molecule has 4 nitrogen and oxygen atoms in total. The number of anilines is 1. The Morgan fingerprint density at radius 3 is 3.00 bits per heavy atom. The second-order valence-electron chi connectivity index (χ2n) is 6.15. The molecule has 0 saturated carbocycles. The highest BCUT2D eigenvalue weighted by Crippen LogP contribution is 2.29. The van der Waals surface area contributed by atoms with Crippen LogP contribution in [0.2, 0.25) is 0 Å². The molecular formula is C19H23N3O. The molecule has 23 heavy (non-hydrogen) atoms. The van der Waals surface area contributed by atoms with Crippen molar-refractivity contribution in [3.05, 3.63) is 35.4 Å². The minimum atomic E-state index is 0.240. The molecule has 0 N–H and O–H groups in total. The summed E-state index contributed by atoms with van der Waals surface area (Å²) in [4.78, 5) is 7.02. The average molecular weight is 309 g/mol. The lowest BCUT2D eigenvalue weighted by atomic mass is 10.0. The van der Waals surface area contributed by atoms with Gasteiger partial charge < -0.3 is 9.64 Å². The third-order valence-electron chi connectivity index (χ3n) is 4.48. The van der Waals surface area contributed by atoms with Crippen LogP contribution in [0.3, 0.4) is 0 Å². The van der Waals surface area contributed by atoms with Crippen LogP contribution in [0.1, 0.15) is 37.3 Å². The van der Waals surface area contributed by atoms with Crippen molar-refractivity contribution in [1.29, 1.82) is 5.26 Å². The summed E-state index contributed by atoms with van der Waals surface area (Å²) in [6.07, 6.45) is 3.44. The fourth-order valence-corrected chi connectivity index (χ4v) is 3.27. The number of aryl methyl sites for hydroxylation is 1. The van der Waals surface area contributed by atoms with Crippen molar-refractivity contribution in [2.45, 2.75) is 39.2 Å². The Bertz CT molecular complexity index is 735. The van der Waals surface area contributed by atoms with E-state index in [1.54, 1.807) is 0 Å². The molecule has 1 aromatic carbocycles. The SMILES string of the molecule is CCCOC1CCCN(c2nc3ccccc3c(C)c2C#N)C1. The number of fused-ring (bicyclic) bond motifs is 1. The number of rotatable bonds is 4. The standard InChI is InChI=1S/C19H23N3O/c1-3-11-23-15-7-6-10-22(13-15)19-17(12-20)14(2)16-8-4-5-9-18(16)21-19/h4-5,8-9,15H,3,6-7,10-11,13H2,1-2H3. The van der Waals surface area contributed by atoms with Gasteiger partial charge in [0, 0.05) is 25.1 Å². The topological polar surface area (TPSA) is 49.1 Å². The van der Waals surface area contributed by atoms with E-state index in [9.17, 15) is 5.26 Å². The Balaban J connectivity index is 1.97. The van der Waals surface area contributed by atoms with Gasteiger partial charge in [-0.1, -0.05) is 25.1 Å². The summed E-state index contributed by atoms with van der Waals surface area (Å²) in [5, 5.41) is 10.7. The van der Waals surface area contributed by atoms with Crippen LogP contribution in [-0.2, 0) is 4.74 Å². The highest BCUT2D eigenvalue weighted by Gasteiger charge is 2.24. The zero-order chi connectivity index (χ0) is 16.2. The van der Waals surface area contributed by atoms with Crippen molar-refractivity contribution in [2.75, 3.05) is 24.6 Å². The summed E-state index contributed by atoms with van der Waals surface area (Å²) >= 11 is 0. The molecule has 0 aliphatic carbocycles. The first-order chi connectivity index (χ1) is 11.2. The van der Waals surface area contributed by atoms with Crippen LogP contribution < -0.4 is 4.90 Å². The van der Waals surface area contributed by atoms with Gasteiger partial charge in [-0.15, -0.1) is 0 Å². The van der Waals surface area contributed by atoms with E-state index in [1.807, 2.05) is 31.2 Å². The minimum absolute atomic E-state index is 0.240. The number of nitrogens with zero attached hydrogens (tertiary/aromatic N) is 3. The number of piperidine rings is 1. The van der Waals surface area contributed by atoms with E-state index < -0.39 is 0 Å². The number of ether oxygens (including phenoxy) is 1. The normalized spacial score (nSPS) is 18.1. The molecule has 1 atom stereocenters. The number of pyridine rings is 1. The van der Waals surface area contributed by atoms with Crippen LogP contribution in [0.5, 0.6) is 0 Å². The summed E-state index contributed by atoms with van der Waals surface area (Å²) in [6, 6.07) is 10.4. The summed E-state index contributed by atoms with van der Waals surface area (Å²) in [6.45, 7) is 6.70. The zero-order valence-corrected chi connectivity index (χ0v) is 13.9. The van der Waals surface area contributed by atoms with Crippen LogP contribution in [0.25, 0.3) is 10.9 Å². The highest BCUT2D eigenvalue weighted by molar-refractivity contribution is 5.87. The molecule has 1 aliphatic rings. The van der Waals surface area contributed by atoms with Crippen molar-refractivity contribution in [3.63, 3.8) is 0 Å². The van der Waals surface area contributed by atoms with Gasteiger partial charge in [-0.05, 0) is 37.8 Å². The van der Waals surface area contributed by atoms with Crippen LogP contribution in [0.15, 0.2) is 24.3 Å². The van der Waals surface area contributed by atoms with Crippen molar-refractivity contribution in [2.24, 2.45) is 0 Å². The monoisotopic (exact) mass is 309 g/mol. The molecule has 0 radical (unpaired) electrons. The Morgan fingerprint density at radius 2 is 2.22 bits per heavy atom. The number of nitriles is 1. The molecule has 1 aromatic heterocycles. The highest BCUT2D eigenvalue weighted by atomic mass is 16.5. The van der Waals surface area contributed by atoms with Gasteiger partial charge in [0.05, 0.1) is 17.2 Å². The smallest absolute Gasteiger partial charge is 0.147 e. The maximum Gasteiger partial charge on any atom is 0.147 e. The number of hydrogen-bond acceptors (Lipinski definition) is 4. The van der Waals surface area contributed by atoms with E-state index in [0.717, 1.165) is 61.2 Å². The van der Waals surface area contributed by atoms with E-state index in [4.69, 9.17) is 9.72 Å². The molecule has 4 heteroatoms. The van der Waals surface area contributed by atoms with Gasteiger partial charge >= 0.3 is 0 Å². The fourth-order valence-electron chi connectivity index (χ4n) is 3.27. The Labute approximate surface area is 137 Å². The second-order valence-corrected chi connectivity index (χ2v) is 6.15. The minimum Gasteiger partial charge on any atom is -0.376 e. The summed E-state index contributed by atoms with van der Waals surface area (Å²) < 4.78 is 5.92. The molecular weight excluding hydrogens is 286 g/mol. The van der Waals surface area contributed by atoms with Gasteiger partial charge in [0.1, 0.15) is 11.9 Å². The predicted octanol–water partition coefficient (Wildman–Crippen LogP) is 3.81. The first-order valence-electron chi connectivity index (χ1n) is 8.40. The molecule has 2 aromatic rings. The summed E-state index contributed by atoms with van der Waals surface area (Å²) in [5.74, 6) is 0.813. The van der Waals surface area contributed by atoms with Crippen LogP contribution in [-0.4, -0.2) is 30.8 Å². The predicted molar refractivity (Wildman–Crippen MR) is 92.7 cm³/mol. The van der Waals surface area contributed by atoms with Crippen LogP contribution >= 0.6 is 0 Å². The lowest BCUT2D eigenvalue weighted by Crippen LogP contribution is -2.40. The molecule has 1 saturated heterocycles. The molecule has 0 spiro atoms. The quantitative estimate of drug-likeness (QED) is 0.861. The van der Waals surface area contributed by atoms with Crippen LogP contribution in [0.4, 0.5) is 5.82 Å². The van der Waals surface area contributed by atoms with Crippen molar-refractivity contribution in [1.82, 2.24) is 4.98 Å². The van der Waals surface area contributed by atoms with Crippen molar-refractivity contribution < 1.29 is 4.74 Å². The first kappa shape index (κ1) is 15.8. The Hall–Kier alpha value is -2.12. The van der Waals surface area contributed by atoms with E-state index >= 15 is 0 Å². The van der Waals surface area contributed by atoms with Gasteiger partial charge in [0.25, 0.3) is 0 Å². The van der Waals surface area contributed by atoms with Crippen molar-refractivity contribution in [3.8, 4) is 6.07 Å². The molecule has 0 bridgehead atoms. The third kappa shape index (κ3) is 3.16. The third-order valence-corrected chi connectivity index (χ3v) is 4.48. The Morgan fingerprint density at radius 1 is 1.39 bits per heavy atom. The molecule has 2 heterocycles. The van der Waals surface area contributed by atoms with E-state index in [1.165, 1.54) is 0 Å². The van der Waals surface area contributed by atoms with E-state index in [-0.39, 0.29) is 6.10 Å². The number of aromatic nitrogens is 1. The number of hydrogen-bond donors (Lipinski definition) is 0. The number of benzene rings is 1. The molecule has 1 aliphatic heterocycles. The van der Waals surface area contributed by atoms with Gasteiger partial charge in [-0.2, -0.15) is 5.26 Å². The van der Waals surface area contributed by atoms with Gasteiger partial charge in [0.2, 0.25) is 0 Å². The fraction of sp³-hybridized carbons (Fsp3) is 0.474. The summed E-state index contributed by atoms with van der Waals surface area (Å²) in [5.41, 5.74) is 2.67. The maximum absolute atomic E-state index is 9.65. The Kier molecular flexibility index (Phi) is 4.78. The first-order valence-corrected chi connectivity index (χ1v) is 8.40. The molecule has 1 unspecified atom stereocenters. The number of para-hydroxylation sites is 1.